The number of hydrogen-bond donors (Lipinski definition) is 1. The van der Waals surface area contributed by atoms with Crippen LogP contribution in [0.15, 0.2) is 22.7 Å². The van der Waals surface area contributed by atoms with E-state index in [0.717, 1.165) is 23.0 Å². The molecule has 1 N–H and O–H groups in total. The van der Waals surface area contributed by atoms with E-state index in [2.05, 4.69) is 15.9 Å². The molecule has 2 rings (SSSR count). The summed E-state index contributed by atoms with van der Waals surface area (Å²) in [6, 6.07) is 5.74. The number of carboxylic acid groups (broad SMARTS) is 1. The Balaban J connectivity index is 2.18. The molecule has 0 amide bonds. The molecular formula is C13H15BrClNO2. The molecule has 0 aromatic heterocycles. The van der Waals surface area contributed by atoms with Crippen molar-refractivity contribution in [3.8, 4) is 0 Å². The minimum Gasteiger partial charge on any atom is -0.480 e. The second-order valence-corrected chi connectivity index (χ2v) is 6.11. The molecule has 1 heterocycles. The normalized spacial score (nSPS) is 24.4. The molecule has 98 valence electrons. The first-order valence-electron chi connectivity index (χ1n) is 5.86. The summed E-state index contributed by atoms with van der Waals surface area (Å²) < 4.78 is 0.857. The van der Waals surface area contributed by atoms with Crippen molar-refractivity contribution in [2.45, 2.75) is 31.8 Å². The lowest BCUT2D eigenvalue weighted by molar-refractivity contribution is -0.148. The van der Waals surface area contributed by atoms with Crippen molar-refractivity contribution in [2.75, 3.05) is 6.54 Å². The van der Waals surface area contributed by atoms with Crippen molar-refractivity contribution in [2.24, 2.45) is 0 Å². The van der Waals surface area contributed by atoms with Crippen LogP contribution < -0.4 is 0 Å². The van der Waals surface area contributed by atoms with Gasteiger partial charge in [-0.2, -0.15) is 0 Å². The van der Waals surface area contributed by atoms with Gasteiger partial charge in [0.15, 0.2) is 0 Å². The van der Waals surface area contributed by atoms with Crippen LogP contribution in [0, 0.1) is 0 Å². The van der Waals surface area contributed by atoms with Gasteiger partial charge in [0.1, 0.15) is 5.54 Å². The zero-order valence-electron chi connectivity index (χ0n) is 10.1. The molecule has 3 nitrogen and oxygen atoms in total. The summed E-state index contributed by atoms with van der Waals surface area (Å²) in [5.41, 5.74) is 0.289. The van der Waals surface area contributed by atoms with Gasteiger partial charge >= 0.3 is 5.97 Å². The van der Waals surface area contributed by atoms with Gasteiger partial charge in [0.2, 0.25) is 0 Å². The van der Waals surface area contributed by atoms with E-state index >= 15 is 0 Å². The van der Waals surface area contributed by atoms with E-state index in [-0.39, 0.29) is 0 Å². The van der Waals surface area contributed by atoms with Gasteiger partial charge in [-0.3, -0.25) is 9.69 Å². The Labute approximate surface area is 120 Å². The smallest absolute Gasteiger partial charge is 0.323 e. The van der Waals surface area contributed by atoms with Gasteiger partial charge in [0.25, 0.3) is 0 Å². The molecule has 1 atom stereocenters. The molecule has 1 aliphatic rings. The Kier molecular flexibility index (Phi) is 3.99. The molecule has 1 saturated heterocycles. The minimum atomic E-state index is -0.750. The van der Waals surface area contributed by atoms with Crippen LogP contribution >= 0.6 is 27.5 Å². The maximum absolute atomic E-state index is 11.4. The van der Waals surface area contributed by atoms with E-state index in [1.807, 2.05) is 23.1 Å². The molecule has 1 fully saturated rings. The van der Waals surface area contributed by atoms with Crippen LogP contribution in [0.3, 0.4) is 0 Å². The first kappa shape index (κ1) is 13.8. The molecule has 18 heavy (non-hydrogen) atoms. The summed E-state index contributed by atoms with van der Waals surface area (Å²) in [5.74, 6) is -0.747. The molecule has 5 heteroatoms. The predicted molar refractivity (Wildman–Crippen MR) is 74.8 cm³/mol. The highest BCUT2D eigenvalue weighted by Gasteiger charge is 2.43. The average Bonchev–Trinajstić information content (AvgIpc) is 2.67. The lowest BCUT2D eigenvalue weighted by Gasteiger charge is -2.31. The molecule has 1 aromatic carbocycles. The summed E-state index contributed by atoms with van der Waals surface area (Å²) >= 11 is 9.40. The van der Waals surface area contributed by atoms with Crippen molar-refractivity contribution in [3.63, 3.8) is 0 Å². The summed E-state index contributed by atoms with van der Waals surface area (Å²) in [7, 11) is 0. The number of hydrogen-bond acceptors (Lipinski definition) is 2. The van der Waals surface area contributed by atoms with Crippen LogP contribution in [-0.4, -0.2) is 28.1 Å². The lowest BCUT2D eigenvalue weighted by atomic mass is 9.99. The van der Waals surface area contributed by atoms with Crippen molar-refractivity contribution in [3.05, 3.63) is 33.3 Å². The number of benzene rings is 1. The molecule has 0 spiro atoms. The van der Waals surface area contributed by atoms with Gasteiger partial charge < -0.3 is 5.11 Å². The Bertz CT molecular complexity index is 480. The first-order valence-corrected chi connectivity index (χ1v) is 7.03. The van der Waals surface area contributed by atoms with Crippen LogP contribution in [0.1, 0.15) is 25.3 Å². The largest absolute Gasteiger partial charge is 0.480 e. The van der Waals surface area contributed by atoms with Crippen LogP contribution in [-0.2, 0) is 11.3 Å². The Morgan fingerprint density at radius 1 is 1.61 bits per heavy atom. The third kappa shape index (κ3) is 2.56. The number of halogens is 2. The Morgan fingerprint density at radius 2 is 2.33 bits per heavy atom. The molecule has 1 aliphatic heterocycles. The minimum absolute atomic E-state index is 0.621. The Hall–Kier alpha value is -0.580. The summed E-state index contributed by atoms with van der Waals surface area (Å²) in [5, 5.41) is 10.0. The van der Waals surface area contributed by atoms with Gasteiger partial charge in [-0.15, -0.1) is 0 Å². The van der Waals surface area contributed by atoms with Crippen molar-refractivity contribution < 1.29 is 9.90 Å². The highest BCUT2D eigenvalue weighted by Crippen LogP contribution is 2.32. The SMILES string of the molecule is CC1(C(=O)O)CCCN1Cc1ccc(Br)c(Cl)c1. The van der Waals surface area contributed by atoms with Gasteiger partial charge in [-0.25, -0.2) is 0 Å². The van der Waals surface area contributed by atoms with Crippen molar-refractivity contribution in [1.29, 1.82) is 0 Å². The number of nitrogens with zero attached hydrogens (tertiary/aromatic N) is 1. The fourth-order valence-corrected chi connectivity index (χ4v) is 2.82. The topological polar surface area (TPSA) is 40.5 Å². The maximum Gasteiger partial charge on any atom is 0.323 e. The third-order valence-electron chi connectivity index (χ3n) is 3.61. The standard InChI is InChI=1S/C13H15BrClNO2/c1-13(12(17)18)5-2-6-16(13)8-9-3-4-10(14)11(15)7-9/h3-4,7H,2,5-6,8H2,1H3,(H,17,18). The summed E-state index contributed by atoms with van der Waals surface area (Å²) in [6.45, 7) is 3.23. The van der Waals surface area contributed by atoms with Crippen LogP contribution in [0.5, 0.6) is 0 Å². The van der Waals surface area contributed by atoms with Crippen LogP contribution in [0.25, 0.3) is 0 Å². The van der Waals surface area contributed by atoms with Gasteiger partial charge in [-0.1, -0.05) is 17.7 Å². The van der Waals surface area contributed by atoms with Crippen LogP contribution in [0.2, 0.25) is 5.02 Å². The van der Waals surface area contributed by atoms with E-state index in [1.54, 1.807) is 6.92 Å². The summed E-state index contributed by atoms with van der Waals surface area (Å²) in [4.78, 5) is 13.4. The lowest BCUT2D eigenvalue weighted by Crippen LogP contribution is -2.47. The van der Waals surface area contributed by atoms with Crippen LogP contribution in [0.4, 0.5) is 0 Å². The second-order valence-electron chi connectivity index (χ2n) is 4.85. The molecular weight excluding hydrogens is 318 g/mol. The molecule has 0 bridgehead atoms. The summed E-state index contributed by atoms with van der Waals surface area (Å²) in [6.07, 6.45) is 1.62. The van der Waals surface area contributed by atoms with Crippen molar-refractivity contribution >= 4 is 33.5 Å². The Morgan fingerprint density at radius 3 is 2.94 bits per heavy atom. The van der Waals surface area contributed by atoms with E-state index in [1.165, 1.54) is 0 Å². The molecule has 0 saturated carbocycles. The predicted octanol–water partition coefficient (Wildman–Crippen LogP) is 3.54. The average molecular weight is 333 g/mol. The van der Waals surface area contributed by atoms with E-state index < -0.39 is 11.5 Å². The van der Waals surface area contributed by atoms with Gasteiger partial charge in [0, 0.05) is 11.0 Å². The molecule has 1 unspecified atom stereocenters. The monoisotopic (exact) mass is 331 g/mol. The second kappa shape index (κ2) is 5.19. The molecule has 0 aliphatic carbocycles. The van der Waals surface area contributed by atoms with E-state index in [0.29, 0.717) is 18.0 Å². The zero-order chi connectivity index (χ0) is 13.3. The van der Waals surface area contributed by atoms with E-state index in [4.69, 9.17) is 11.6 Å². The quantitative estimate of drug-likeness (QED) is 0.920. The fraction of sp³-hybridized carbons (Fsp3) is 0.462. The zero-order valence-corrected chi connectivity index (χ0v) is 12.5. The fourth-order valence-electron chi connectivity index (χ4n) is 2.37. The van der Waals surface area contributed by atoms with E-state index in [9.17, 15) is 9.90 Å². The number of likely N-dealkylation sites (tertiary alicyclic amines) is 1. The number of carboxylic acids is 1. The number of aliphatic carboxylic acids is 1. The number of rotatable bonds is 3. The van der Waals surface area contributed by atoms with Crippen molar-refractivity contribution in [1.82, 2.24) is 4.90 Å². The highest BCUT2D eigenvalue weighted by molar-refractivity contribution is 9.10. The molecule has 0 radical (unpaired) electrons. The van der Waals surface area contributed by atoms with Gasteiger partial charge in [0.05, 0.1) is 5.02 Å². The van der Waals surface area contributed by atoms with Gasteiger partial charge in [-0.05, 0) is 59.9 Å². The maximum atomic E-state index is 11.4. The number of carbonyl (C=O) groups is 1. The first-order chi connectivity index (χ1) is 8.43. The molecule has 1 aromatic rings. The third-order valence-corrected chi connectivity index (χ3v) is 4.84. The highest BCUT2D eigenvalue weighted by atomic mass is 79.9.